The van der Waals surface area contributed by atoms with Crippen LogP contribution in [0.5, 0.6) is 0 Å². The number of carboxylic acid groups (broad SMARTS) is 1. The molecule has 0 radical (unpaired) electrons. The first-order valence-corrected chi connectivity index (χ1v) is 7.12. The fourth-order valence-corrected chi connectivity index (χ4v) is 1.93. The van der Waals surface area contributed by atoms with Gasteiger partial charge in [0.2, 0.25) is 0 Å². The molecular weight excluding hydrogens is 232 g/mol. The molecule has 0 saturated heterocycles. The van der Waals surface area contributed by atoms with Crippen LogP contribution >= 0.6 is 0 Å². The lowest BCUT2D eigenvalue weighted by atomic mass is 10.0. The Morgan fingerprint density at radius 3 is 1.78 bits per heavy atom. The second-order valence-corrected chi connectivity index (χ2v) is 5.07. The summed E-state index contributed by atoms with van der Waals surface area (Å²) >= 11 is 0. The van der Waals surface area contributed by atoms with Gasteiger partial charge in [-0.3, -0.25) is 4.79 Å². The monoisotopic (exact) mass is 260 g/mol. The number of rotatable bonds is 12. The lowest BCUT2D eigenvalue weighted by Crippen LogP contribution is -2.21. The molecule has 0 amide bonds. The van der Waals surface area contributed by atoms with E-state index in [0.717, 1.165) is 38.5 Å². The maximum atomic E-state index is 10.3. The van der Waals surface area contributed by atoms with Crippen molar-refractivity contribution in [2.24, 2.45) is 0 Å². The quantitative estimate of drug-likeness (QED) is 0.471. The number of aliphatic hydroxyl groups excluding tert-OH is 2. The molecule has 0 fully saturated rings. The van der Waals surface area contributed by atoms with Crippen molar-refractivity contribution in [3.8, 4) is 0 Å². The molecular formula is C14H28O4. The van der Waals surface area contributed by atoms with Gasteiger partial charge in [-0.15, -0.1) is 0 Å². The van der Waals surface area contributed by atoms with Crippen LogP contribution in [0.25, 0.3) is 0 Å². The third kappa shape index (κ3) is 11.9. The summed E-state index contributed by atoms with van der Waals surface area (Å²) < 4.78 is 0. The Bertz CT molecular complexity index is 204. The van der Waals surface area contributed by atoms with Gasteiger partial charge in [-0.2, -0.15) is 0 Å². The molecule has 0 aromatic heterocycles. The van der Waals surface area contributed by atoms with Crippen molar-refractivity contribution in [3.05, 3.63) is 0 Å². The lowest BCUT2D eigenvalue weighted by molar-refractivity contribution is -0.137. The van der Waals surface area contributed by atoms with Crippen molar-refractivity contribution in [3.63, 3.8) is 0 Å². The topological polar surface area (TPSA) is 77.8 Å². The highest BCUT2D eigenvalue weighted by molar-refractivity contribution is 5.66. The summed E-state index contributed by atoms with van der Waals surface area (Å²) in [5, 5.41) is 26.9. The Kier molecular flexibility index (Phi) is 11.1. The zero-order valence-electron chi connectivity index (χ0n) is 11.5. The smallest absolute Gasteiger partial charge is 0.303 e. The fraction of sp³-hybridized carbons (Fsp3) is 0.929. The predicted molar refractivity (Wildman–Crippen MR) is 71.5 cm³/mol. The highest BCUT2D eigenvalue weighted by Crippen LogP contribution is 2.12. The van der Waals surface area contributed by atoms with Crippen LogP contribution in [0.15, 0.2) is 0 Å². The van der Waals surface area contributed by atoms with E-state index >= 15 is 0 Å². The van der Waals surface area contributed by atoms with Crippen LogP contribution in [0.4, 0.5) is 0 Å². The number of aliphatic hydroxyl groups is 2. The van der Waals surface area contributed by atoms with Gasteiger partial charge in [0.05, 0.1) is 12.2 Å². The number of aliphatic carboxylic acids is 1. The van der Waals surface area contributed by atoms with Gasteiger partial charge < -0.3 is 15.3 Å². The molecule has 0 heterocycles. The Labute approximate surface area is 110 Å². The van der Waals surface area contributed by atoms with E-state index in [4.69, 9.17) is 10.2 Å². The third-order valence-electron chi connectivity index (χ3n) is 3.20. The fourth-order valence-electron chi connectivity index (χ4n) is 1.93. The van der Waals surface area contributed by atoms with E-state index < -0.39 is 18.2 Å². The van der Waals surface area contributed by atoms with Crippen molar-refractivity contribution in [1.29, 1.82) is 0 Å². The van der Waals surface area contributed by atoms with Crippen LogP contribution in [0, 0.1) is 0 Å². The summed E-state index contributed by atoms with van der Waals surface area (Å²) in [7, 11) is 0. The normalized spacial score (nSPS) is 14.4. The predicted octanol–water partition coefficient (Wildman–Crippen LogP) is 2.71. The average molecular weight is 260 g/mol. The van der Waals surface area contributed by atoms with E-state index in [2.05, 4.69) is 0 Å². The summed E-state index contributed by atoms with van der Waals surface area (Å²) in [4.78, 5) is 10.3. The highest BCUT2D eigenvalue weighted by Gasteiger charge is 2.09. The molecule has 0 rings (SSSR count). The summed E-state index contributed by atoms with van der Waals surface area (Å²) in [6.45, 7) is 1.61. The minimum absolute atomic E-state index is 0.289. The summed E-state index contributed by atoms with van der Waals surface area (Å²) in [5.74, 6) is -0.702. The second kappa shape index (κ2) is 11.5. The molecule has 2 atom stereocenters. The van der Waals surface area contributed by atoms with Crippen molar-refractivity contribution in [1.82, 2.24) is 0 Å². The largest absolute Gasteiger partial charge is 0.481 e. The van der Waals surface area contributed by atoms with E-state index in [9.17, 15) is 9.90 Å². The zero-order valence-corrected chi connectivity index (χ0v) is 11.5. The Morgan fingerprint density at radius 1 is 0.889 bits per heavy atom. The minimum atomic E-state index is -0.702. The Morgan fingerprint density at radius 2 is 1.33 bits per heavy atom. The SMILES string of the molecule is C[C@@H](O)[C@@H](O)CCCCCCCCCCC(=O)O. The molecule has 0 unspecified atom stereocenters. The van der Waals surface area contributed by atoms with Gasteiger partial charge in [0.25, 0.3) is 0 Å². The van der Waals surface area contributed by atoms with Crippen LogP contribution in [0.3, 0.4) is 0 Å². The number of unbranched alkanes of at least 4 members (excludes halogenated alkanes) is 7. The van der Waals surface area contributed by atoms with Crippen LogP contribution in [-0.4, -0.2) is 33.5 Å². The minimum Gasteiger partial charge on any atom is -0.481 e. The Balaban J connectivity index is 3.10. The first-order valence-electron chi connectivity index (χ1n) is 7.12. The molecule has 0 aromatic carbocycles. The van der Waals surface area contributed by atoms with Gasteiger partial charge in [-0.25, -0.2) is 0 Å². The maximum absolute atomic E-state index is 10.3. The number of hydrogen-bond acceptors (Lipinski definition) is 3. The molecule has 18 heavy (non-hydrogen) atoms. The Hall–Kier alpha value is -0.610. The molecule has 4 heteroatoms. The van der Waals surface area contributed by atoms with Crippen LogP contribution in [0.2, 0.25) is 0 Å². The standard InChI is InChI=1S/C14H28O4/c1-12(15)13(16)10-8-6-4-2-3-5-7-9-11-14(17)18/h12-13,15-16H,2-11H2,1H3,(H,17,18)/t12-,13+/m1/s1. The van der Waals surface area contributed by atoms with Gasteiger partial charge in [-0.1, -0.05) is 44.9 Å². The lowest BCUT2D eigenvalue weighted by Gasteiger charge is -2.12. The summed E-state index contributed by atoms with van der Waals surface area (Å²) in [6, 6.07) is 0. The second-order valence-electron chi connectivity index (χ2n) is 5.07. The molecule has 0 spiro atoms. The average Bonchev–Trinajstić information content (AvgIpc) is 2.30. The van der Waals surface area contributed by atoms with Crippen molar-refractivity contribution >= 4 is 5.97 Å². The highest BCUT2D eigenvalue weighted by atomic mass is 16.4. The molecule has 0 bridgehead atoms. The van der Waals surface area contributed by atoms with Gasteiger partial charge in [-0.05, 0) is 19.8 Å². The van der Waals surface area contributed by atoms with Crippen LogP contribution in [-0.2, 0) is 4.79 Å². The molecule has 4 nitrogen and oxygen atoms in total. The number of carboxylic acids is 1. The van der Waals surface area contributed by atoms with Crippen molar-refractivity contribution in [2.45, 2.75) is 83.3 Å². The molecule has 0 aliphatic rings. The van der Waals surface area contributed by atoms with Crippen LogP contribution in [0.1, 0.15) is 71.1 Å². The van der Waals surface area contributed by atoms with E-state index in [-0.39, 0.29) is 6.42 Å². The van der Waals surface area contributed by atoms with E-state index in [0.29, 0.717) is 6.42 Å². The first-order chi connectivity index (χ1) is 8.54. The summed E-state index contributed by atoms with van der Waals surface area (Å²) in [5.41, 5.74) is 0. The van der Waals surface area contributed by atoms with E-state index in [1.165, 1.54) is 12.8 Å². The van der Waals surface area contributed by atoms with Crippen molar-refractivity contribution in [2.75, 3.05) is 0 Å². The molecule has 0 aromatic rings. The van der Waals surface area contributed by atoms with E-state index in [1.54, 1.807) is 6.92 Å². The van der Waals surface area contributed by atoms with Crippen molar-refractivity contribution < 1.29 is 20.1 Å². The molecule has 3 N–H and O–H groups in total. The number of carbonyl (C=O) groups is 1. The third-order valence-corrected chi connectivity index (χ3v) is 3.20. The first kappa shape index (κ1) is 17.4. The summed E-state index contributed by atoms with van der Waals surface area (Å²) in [6.07, 6.45) is 8.23. The zero-order chi connectivity index (χ0) is 13.8. The molecule has 0 aliphatic carbocycles. The van der Waals surface area contributed by atoms with Gasteiger partial charge in [0.15, 0.2) is 0 Å². The van der Waals surface area contributed by atoms with E-state index in [1.807, 2.05) is 0 Å². The van der Waals surface area contributed by atoms with Gasteiger partial charge >= 0.3 is 5.97 Å². The molecule has 0 aliphatic heterocycles. The maximum Gasteiger partial charge on any atom is 0.303 e. The molecule has 0 saturated carbocycles. The van der Waals surface area contributed by atoms with Gasteiger partial charge in [0, 0.05) is 6.42 Å². The van der Waals surface area contributed by atoms with Crippen LogP contribution < -0.4 is 0 Å². The molecule has 108 valence electrons. The number of hydrogen-bond donors (Lipinski definition) is 3. The van der Waals surface area contributed by atoms with Gasteiger partial charge in [0.1, 0.15) is 0 Å².